The molecule has 0 rings (SSSR count). The van der Waals surface area contributed by atoms with E-state index in [-0.39, 0.29) is 16.1 Å². The summed E-state index contributed by atoms with van der Waals surface area (Å²) in [5.74, 6) is 0.000880. The third-order valence-electron chi connectivity index (χ3n) is 0.975. The van der Waals surface area contributed by atoms with Crippen molar-refractivity contribution in [1.82, 2.24) is 0 Å². The van der Waals surface area contributed by atoms with Gasteiger partial charge in [-0.3, -0.25) is 4.79 Å². The van der Waals surface area contributed by atoms with E-state index in [9.17, 15) is 9.59 Å². The molecule has 48 valence electrons. The van der Waals surface area contributed by atoms with Gasteiger partial charge in [-0.2, -0.15) is 0 Å². The lowest BCUT2D eigenvalue weighted by Gasteiger charge is -1.89. The first-order valence-corrected chi connectivity index (χ1v) is 4.88. The average Bonchev–Trinajstić information content (AvgIpc) is 1.63. The summed E-state index contributed by atoms with van der Waals surface area (Å²) in [6.45, 7) is 3.45. The van der Waals surface area contributed by atoms with Crippen molar-refractivity contribution < 1.29 is 9.59 Å². The molecule has 2 nitrogen and oxygen atoms in total. The van der Waals surface area contributed by atoms with Crippen LogP contribution in [0.15, 0.2) is 0 Å². The molecule has 0 bridgehead atoms. The van der Waals surface area contributed by atoms with Gasteiger partial charge in [0.2, 0.25) is 0 Å². The molecule has 0 aliphatic carbocycles. The maximum atomic E-state index is 10.7. The Morgan fingerprint density at radius 1 is 1.44 bits per heavy atom. The molecule has 0 aliphatic heterocycles. The van der Waals surface area contributed by atoms with E-state index in [0.29, 0.717) is 0 Å². The summed E-state index contributed by atoms with van der Waals surface area (Å²) in [6.07, 6.45) is 0.181. The van der Waals surface area contributed by atoms with Gasteiger partial charge in [-0.25, -0.2) is 0 Å². The highest BCUT2D eigenvalue weighted by molar-refractivity contribution is 6.74. The molecule has 0 N–H and O–H groups in total. The molecule has 0 spiro atoms. The molecule has 0 aromatic carbocycles. The van der Waals surface area contributed by atoms with Crippen LogP contribution >= 0.6 is 0 Å². The molecule has 0 saturated carbocycles. The van der Waals surface area contributed by atoms with E-state index in [1.165, 1.54) is 6.92 Å². The summed E-state index contributed by atoms with van der Waals surface area (Å²) in [7, 11) is 0. The summed E-state index contributed by atoms with van der Waals surface area (Å²) >= 11 is -0.556. The van der Waals surface area contributed by atoms with Crippen LogP contribution in [0.4, 0.5) is 0 Å². The lowest BCUT2D eigenvalue weighted by molar-refractivity contribution is -0.122. The van der Waals surface area contributed by atoms with Gasteiger partial charge in [-0.05, 0) is 10.8 Å². The highest BCUT2D eigenvalue weighted by Gasteiger charge is 2.05. The van der Waals surface area contributed by atoms with Crippen LogP contribution in [0.5, 0.6) is 0 Å². The lowest BCUT2D eigenvalue weighted by atomic mass is 10.3. The molecule has 0 unspecified atom stereocenters. The molecular weight excluding hydrogens is 128 g/mol. The first-order chi connectivity index (χ1) is 4.16. The summed E-state index contributed by atoms with van der Waals surface area (Å²) in [4.78, 5) is 21.0. The molecule has 0 fully saturated rings. The average molecular weight is 138 g/mol. The van der Waals surface area contributed by atoms with Crippen molar-refractivity contribution in [2.75, 3.05) is 0 Å². The summed E-state index contributed by atoms with van der Waals surface area (Å²) in [5.41, 5.74) is 0. The predicted octanol–water partition coefficient (Wildman–Crippen LogP) is 0.635. The topological polar surface area (TPSA) is 34.1 Å². The van der Waals surface area contributed by atoms with Crippen LogP contribution in [0.2, 0.25) is 4.55 Å². The van der Waals surface area contributed by atoms with Gasteiger partial charge in [0.25, 0.3) is 0 Å². The Balaban J connectivity index is 3.39. The summed E-state index contributed by atoms with van der Waals surface area (Å²) in [5, 5.41) is 0. The predicted molar refractivity (Wildman–Crippen MR) is 36.5 cm³/mol. The first kappa shape index (κ1) is 9.11. The van der Waals surface area contributed by atoms with Gasteiger partial charge in [0, 0.05) is 6.42 Å². The minimum Gasteiger partial charge on any atom is -0.336 e. The van der Waals surface area contributed by atoms with Crippen LogP contribution in [-0.4, -0.2) is 30.1 Å². The van der Waals surface area contributed by atoms with Crippen molar-refractivity contribution in [3.63, 3.8) is 0 Å². The molecule has 0 aromatic rings. The van der Waals surface area contributed by atoms with Crippen molar-refractivity contribution in [3.05, 3.63) is 0 Å². The van der Waals surface area contributed by atoms with E-state index in [1.807, 2.05) is 6.92 Å². The fourth-order valence-corrected chi connectivity index (χ4v) is 1.73. The van der Waals surface area contributed by atoms with Crippen molar-refractivity contribution >= 4 is 30.1 Å². The fraction of sp³-hybridized carbons (Fsp3) is 0.667. The number of hydrogen-bond acceptors (Lipinski definition) is 2. The second-order valence-electron chi connectivity index (χ2n) is 2.17. The summed E-state index contributed by atoms with van der Waals surface area (Å²) in [6, 6.07) is 0. The Morgan fingerprint density at radius 2 is 2.00 bits per heavy atom. The Kier molecular flexibility index (Phi) is 4.99. The SMILES string of the molecule is C[CH2][Mg][C](=O)CC(C)=O. The fourth-order valence-electron chi connectivity index (χ4n) is 0.645. The van der Waals surface area contributed by atoms with Gasteiger partial charge in [0.1, 0.15) is 5.78 Å². The monoisotopic (exact) mass is 138 g/mol. The van der Waals surface area contributed by atoms with Crippen LogP contribution in [0.25, 0.3) is 0 Å². The number of Topliss-reactive ketones (excluding diaryl/α,β-unsaturated/α-hetero) is 1. The van der Waals surface area contributed by atoms with E-state index in [1.54, 1.807) is 0 Å². The van der Waals surface area contributed by atoms with Crippen molar-refractivity contribution in [2.45, 2.75) is 24.8 Å². The largest absolute Gasteiger partial charge is 0.468 e. The van der Waals surface area contributed by atoms with Crippen molar-refractivity contribution in [2.24, 2.45) is 0 Å². The zero-order chi connectivity index (χ0) is 7.28. The van der Waals surface area contributed by atoms with Crippen molar-refractivity contribution in [1.29, 1.82) is 0 Å². The van der Waals surface area contributed by atoms with Gasteiger partial charge in [0.05, 0.1) is 0 Å². The molecule has 0 aromatic heterocycles. The highest BCUT2D eigenvalue weighted by Crippen LogP contribution is 1.85. The molecule has 0 saturated heterocycles. The Bertz CT molecular complexity index is 120. The van der Waals surface area contributed by atoms with Crippen LogP contribution in [0.3, 0.4) is 0 Å². The third-order valence-corrected chi connectivity index (χ3v) is 2.28. The Hall–Kier alpha value is 0.106. The molecule has 0 radical (unpaired) electrons. The van der Waals surface area contributed by atoms with Gasteiger partial charge in [0.15, 0.2) is 0 Å². The zero-order valence-electron chi connectivity index (χ0n) is 5.94. The quantitative estimate of drug-likeness (QED) is 0.422. The molecule has 3 heteroatoms. The highest BCUT2D eigenvalue weighted by atomic mass is 24.5. The molecule has 0 atom stereocenters. The standard InChI is InChI=1S/C4H5O2.C2H5.Mg/c1-4(6)2-3-5;1-2;/h2H2,1H3;1H2,2H3;. The van der Waals surface area contributed by atoms with E-state index < -0.39 is 20.4 Å². The van der Waals surface area contributed by atoms with Crippen LogP contribution in [0, 0.1) is 0 Å². The summed E-state index contributed by atoms with van der Waals surface area (Å²) < 4.78 is 1.18. The molecule has 9 heavy (non-hydrogen) atoms. The van der Waals surface area contributed by atoms with Gasteiger partial charge in [-0.1, -0.05) is 6.92 Å². The van der Waals surface area contributed by atoms with E-state index in [2.05, 4.69) is 0 Å². The molecular formula is C6H10MgO2. The minimum absolute atomic E-state index is 0.000880. The number of hydrogen-bond donors (Lipinski definition) is 0. The molecule has 0 amide bonds. The number of rotatable bonds is 4. The number of carbonyl (C=O) groups is 2. The second-order valence-corrected chi connectivity index (χ2v) is 4.46. The van der Waals surface area contributed by atoms with Gasteiger partial charge in [-0.15, -0.1) is 4.55 Å². The van der Waals surface area contributed by atoms with E-state index in [0.717, 1.165) is 4.55 Å². The Labute approximate surface area is 64.7 Å². The minimum atomic E-state index is -0.556. The van der Waals surface area contributed by atoms with Crippen LogP contribution in [-0.2, 0) is 9.59 Å². The van der Waals surface area contributed by atoms with Crippen LogP contribution in [0.1, 0.15) is 20.3 Å². The normalized spacial score (nSPS) is 8.22. The smallest absolute Gasteiger partial charge is 0.336 e. The number of carbonyl (C=O) groups excluding carboxylic acids is 2. The maximum absolute atomic E-state index is 10.7. The Morgan fingerprint density at radius 3 is 2.33 bits per heavy atom. The van der Waals surface area contributed by atoms with Crippen LogP contribution < -0.4 is 0 Å². The molecule has 0 heterocycles. The zero-order valence-corrected chi connectivity index (χ0v) is 7.35. The van der Waals surface area contributed by atoms with E-state index in [4.69, 9.17) is 0 Å². The molecule has 0 aliphatic rings. The third kappa shape index (κ3) is 5.99. The van der Waals surface area contributed by atoms with Crippen molar-refractivity contribution in [3.8, 4) is 0 Å². The first-order valence-electron chi connectivity index (χ1n) is 3.18. The van der Waals surface area contributed by atoms with Gasteiger partial charge >= 0.3 is 20.4 Å². The lowest BCUT2D eigenvalue weighted by Crippen LogP contribution is -2.11. The number of ketones is 1. The maximum Gasteiger partial charge on any atom is 0.468 e. The second kappa shape index (κ2) is 4.94. The van der Waals surface area contributed by atoms with Gasteiger partial charge < -0.3 is 4.79 Å². The van der Waals surface area contributed by atoms with E-state index >= 15 is 0 Å².